The van der Waals surface area contributed by atoms with E-state index in [1.54, 1.807) is 38.4 Å². The molecule has 0 aromatic heterocycles. The van der Waals surface area contributed by atoms with Crippen molar-refractivity contribution in [3.05, 3.63) is 60.2 Å². The molecule has 2 aromatic rings. The number of benzene rings is 2. The van der Waals surface area contributed by atoms with Crippen LogP contribution in [0.1, 0.15) is 12.0 Å². The van der Waals surface area contributed by atoms with Gasteiger partial charge in [0.05, 0.1) is 19.2 Å². The van der Waals surface area contributed by atoms with Crippen molar-refractivity contribution in [1.82, 2.24) is 10.2 Å². The molecule has 1 unspecified atom stereocenters. The Bertz CT molecular complexity index is 855. The van der Waals surface area contributed by atoms with Gasteiger partial charge in [0.1, 0.15) is 11.8 Å². The highest BCUT2D eigenvalue weighted by Gasteiger charge is 2.43. The second-order valence-electron chi connectivity index (χ2n) is 6.47. The number of thiocarbonyl (C=S) groups is 1. The van der Waals surface area contributed by atoms with Crippen molar-refractivity contribution in [1.29, 1.82) is 0 Å². The zero-order valence-electron chi connectivity index (χ0n) is 15.9. The summed E-state index contributed by atoms with van der Waals surface area (Å²) in [5.74, 6) is 0.171. The van der Waals surface area contributed by atoms with Crippen LogP contribution in [0.5, 0.6) is 5.75 Å². The number of nitrogens with one attached hydrogen (secondary N) is 1. The Kier molecular flexibility index (Phi) is 6.26. The molecule has 1 heterocycles. The molecule has 0 bridgehead atoms. The van der Waals surface area contributed by atoms with Crippen LogP contribution in [-0.2, 0) is 16.0 Å². The first kappa shape index (κ1) is 19.8. The maximum absolute atomic E-state index is 13.1. The van der Waals surface area contributed by atoms with E-state index in [1.807, 2.05) is 35.2 Å². The zero-order chi connectivity index (χ0) is 20.1. The third-order valence-electron chi connectivity index (χ3n) is 4.79. The third kappa shape index (κ3) is 4.14. The van der Waals surface area contributed by atoms with E-state index in [-0.39, 0.29) is 18.2 Å². The highest BCUT2D eigenvalue weighted by Crippen LogP contribution is 2.27. The summed E-state index contributed by atoms with van der Waals surface area (Å²) < 4.78 is 5.14. The first-order chi connectivity index (χ1) is 13.5. The summed E-state index contributed by atoms with van der Waals surface area (Å²) in [7, 11) is 3.29. The lowest BCUT2D eigenvalue weighted by molar-refractivity contribution is -0.122. The maximum atomic E-state index is 13.1. The number of carbonyl (C=O) groups excluding carboxylic acids is 2. The van der Waals surface area contributed by atoms with E-state index in [1.165, 1.54) is 4.90 Å². The quantitative estimate of drug-likeness (QED) is 0.597. The Labute approximate surface area is 170 Å². The number of hydrogen-bond acceptors (Lipinski definition) is 4. The fourth-order valence-electron chi connectivity index (χ4n) is 3.30. The van der Waals surface area contributed by atoms with Gasteiger partial charge in [0.15, 0.2) is 5.11 Å². The normalized spacial score (nSPS) is 16.2. The second kappa shape index (κ2) is 8.84. The van der Waals surface area contributed by atoms with Gasteiger partial charge in [0, 0.05) is 13.6 Å². The molecular formula is C21H23N3O3S. The molecule has 28 heavy (non-hydrogen) atoms. The summed E-state index contributed by atoms with van der Waals surface area (Å²) in [4.78, 5) is 28.8. The third-order valence-corrected chi connectivity index (χ3v) is 5.23. The summed E-state index contributed by atoms with van der Waals surface area (Å²) in [6.45, 7) is 0.545. The van der Waals surface area contributed by atoms with Gasteiger partial charge < -0.3 is 15.0 Å². The van der Waals surface area contributed by atoms with E-state index in [4.69, 9.17) is 17.0 Å². The van der Waals surface area contributed by atoms with Crippen LogP contribution in [0.4, 0.5) is 5.69 Å². The minimum Gasteiger partial charge on any atom is -0.497 e. The maximum Gasteiger partial charge on any atom is 0.257 e. The molecule has 0 spiro atoms. The van der Waals surface area contributed by atoms with Crippen molar-refractivity contribution >= 4 is 34.8 Å². The molecule has 1 saturated heterocycles. The molecular weight excluding hydrogens is 374 g/mol. The lowest BCUT2D eigenvalue weighted by Gasteiger charge is -2.29. The molecule has 1 aliphatic heterocycles. The molecule has 2 amide bonds. The summed E-state index contributed by atoms with van der Waals surface area (Å²) in [5.41, 5.74) is 1.69. The van der Waals surface area contributed by atoms with Gasteiger partial charge >= 0.3 is 0 Å². The predicted octanol–water partition coefficient (Wildman–Crippen LogP) is 2.38. The van der Waals surface area contributed by atoms with Gasteiger partial charge in [0.25, 0.3) is 5.91 Å². The van der Waals surface area contributed by atoms with Gasteiger partial charge in [-0.1, -0.05) is 30.3 Å². The number of ether oxygens (including phenoxy) is 1. The van der Waals surface area contributed by atoms with Gasteiger partial charge in [-0.25, -0.2) is 4.90 Å². The Morgan fingerprint density at radius 2 is 1.86 bits per heavy atom. The van der Waals surface area contributed by atoms with E-state index in [0.717, 1.165) is 12.0 Å². The number of methoxy groups -OCH3 is 1. The summed E-state index contributed by atoms with van der Waals surface area (Å²) in [6.07, 6.45) is 0.824. The van der Waals surface area contributed by atoms with Crippen molar-refractivity contribution in [2.45, 2.75) is 18.9 Å². The Hall–Kier alpha value is -2.93. The van der Waals surface area contributed by atoms with E-state index < -0.39 is 6.04 Å². The van der Waals surface area contributed by atoms with Gasteiger partial charge in [-0.2, -0.15) is 0 Å². The average molecular weight is 398 g/mol. The Morgan fingerprint density at radius 3 is 2.46 bits per heavy atom. The minimum absolute atomic E-state index is 0.0987. The molecule has 6 nitrogen and oxygen atoms in total. The van der Waals surface area contributed by atoms with Crippen molar-refractivity contribution in [2.24, 2.45) is 0 Å². The smallest absolute Gasteiger partial charge is 0.257 e. The van der Waals surface area contributed by atoms with Gasteiger partial charge in [-0.05, 0) is 48.5 Å². The molecule has 0 aliphatic carbocycles. The fourth-order valence-corrected chi connectivity index (χ4v) is 3.52. The van der Waals surface area contributed by atoms with Gasteiger partial charge in [-0.3, -0.25) is 9.59 Å². The highest BCUT2D eigenvalue weighted by molar-refractivity contribution is 7.80. The number of imide groups is 1. The van der Waals surface area contributed by atoms with Crippen LogP contribution < -0.4 is 15.0 Å². The molecule has 0 saturated carbocycles. The molecule has 1 aliphatic rings. The number of nitrogens with zero attached hydrogens (tertiary/aromatic N) is 2. The molecule has 1 N–H and O–H groups in total. The summed E-state index contributed by atoms with van der Waals surface area (Å²) >= 11 is 5.42. The molecule has 3 rings (SSSR count). The molecule has 1 fully saturated rings. The van der Waals surface area contributed by atoms with Crippen LogP contribution in [-0.4, -0.2) is 48.6 Å². The van der Waals surface area contributed by atoms with Crippen LogP contribution in [0.15, 0.2) is 54.6 Å². The first-order valence-corrected chi connectivity index (χ1v) is 9.49. The van der Waals surface area contributed by atoms with E-state index >= 15 is 0 Å². The van der Waals surface area contributed by atoms with Crippen molar-refractivity contribution in [3.8, 4) is 5.75 Å². The van der Waals surface area contributed by atoms with Crippen molar-refractivity contribution in [3.63, 3.8) is 0 Å². The van der Waals surface area contributed by atoms with Crippen molar-refractivity contribution < 1.29 is 14.3 Å². The summed E-state index contributed by atoms with van der Waals surface area (Å²) in [6, 6.07) is 16.3. The molecule has 2 aromatic carbocycles. The van der Waals surface area contributed by atoms with E-state index in [0.29, 0.717) is 23.1 Å². The monoisotopic (exact) mass is 397 g/mol. The van der Waals surface area contributed by atoms with Crippen molar-refractivity contribution in [2.75, 3.05) is 25.6 Å². The topological polar surface area (TPSA) is 61.9 Å². The highest BCUT2D eigenvalue weighted by atomic mass is 32.1. The number of carbonyl (C=O) groups is 2. The Morgan fingerprint density at radius 1 is 1.18 bits per heavy atom. The lowest BCUT2D eigenvalue weighted by Crippen LogP contribution is -2.49. The number of amides is 2. The molecule has 0 radical (unpaired) electrons. The zero-order valence-corrected chi connectivity index (χ0v) is 16.7. The van der Waals surface area contributed by atoms with Crippen LogP contribution in [0.2, 0.25) is 0 Å². The fraction of sp³-hybridized carbons (Fsp3) is 0.286. The number of hydrogen-bond donors (Lipinski definition) is 1. The van der Waals surface area contributed by atoms with Crippen LogP contribution in [0, 0.1) is 0 Å². The molecule has 7 heteroatoms. The van der Waals surface area contributed by atoms with Crippen LogP contribution in [0.3, 0.4) is 0 Å². The minimum atomic E-state index is -0.613. The predicted molar refractivity (Wildman–Crippen MR) is 112 cm³/mol. The van der Waals surface area contributed by atoms with E-state index in [2.05, 4.69) is 5.32 Å². The first-order valence-electron chi connectivity index (χ1n) is 9.08. The van der Waals surface area contributed by atoms with Gasteiger partial charge in [-0.15, -0.1) is 0 Å². The largest absolute Gasteiger partial charge is 0.497 e. The standard InChI is InChI=1S/C21H23N3O3S/c1-22-21(28)23(13-12-15-6-4-3-5-7-15)18-14-19(25)24(20(18)26)16-8-10-17(27-2)11-9-16/h3-11,18H,12-14H2,1-2H3,(H,22,28). The summed E-state index contributed by atoms with van der Waals surface area (Å²) in [5, 5.41) is 3.40. The Balaban J connectivity index is 1.79. The average Bonchev–Trinajstić information content (AvgIpc) is 3.02. The van der Waals surface area contributed by atoms with Gasteiger partial charge in [0.2, 0.25) is 5.91 Å². The number of rotatable bonds is 6. The second-order valence-corrected chi connectivity index (χ2v) is 6.86. The SMILES string of the molecule is CNC(=S)N(CCc1ccccc1)C1CC(=O)N(c2ccc(OC)cc2)C1=O. The lowest BCUT2D eigenvalue weighted by atomic mass is 10.1. The van der Waals surface area contributed by atoms with Crippen LogP contribution >= 0.6 is 12.2 Å². The van der Waals surface area contributed by atoms with E-state index in [9.17, 15) is 9.59 Å². The number of anilines is 1. The molecule has 146 valence electrons. The molecule has 1 atom stereocenters. The van der Waals surface area contributed by atoms with Crippen LogP contribution in [0.25, 0.3) is 0 Å².